The Kier molecular flexibility index (Phi) is 4.96. The Bertz CT molecular complexity index is 1230. The second kappa shape index (κ2) is 7.72. The molecule has 0 radical (unpaired) electrons. The number of para-hydroxylation sites is 2. The number of benzene rings is 3. The van der Waals surface area contributed by atoms with Gasteiger partial charge < -0.3 is 9.88 Å². The van der Waals surface area contributed by atoms with Crippen molar-refractivity contribution in [1.82, 2.24) is 14.9 Å². The number of nitrogens with one attached hydrogen (secondary N) is 1. The number of carbonyl (C=O) groups is 1. The first-order valence-electron chi connectivity index (χ1n) is 9.46. The van der Waals surface area contributed by atoms with Crippen LogP contribution in [0.1, 0.15) is 28.9 Å². The molecule has 0 fully saturated rings. The number of aromatic nitrogens is 2. The second-order valence-electron chi connectivity index (χ2n) is 7.00. The van der Waals surface area contributed by atoms with Crippen LogP contribution in [0.3, 0.4) is 0 Å². The van der Waals surface area contributed by atoms with E-state index in [9.17, 15) is 9.59 Å². The average Bonchev–Trinajstić information content (AvgIpc) is 2.77. The van der Waals surface area contributed by atoms with Crippen molar-refractivity contribution in [2.75, 3.05) is 0 Å². The molecule has 1 amide bonds. The van der Waals surface area contributed by atoms with Crippen LogP contribution in [0.25, 0.3) is 22.3 Å². The molecule has 3 aromatic carbocycles. The summed E-state index contributed by atoms with van der Waals surface area (Å²) in [6.07, 6.45) is 0. The lowest BCUT2D eigenvalue weighted by Crippen LogP contribution is -2.26. The molecular weight excluding hydrogens is 362 g/mol. The molecular formula is C24H21N3O2. The van der Waals surface area contributed by atoms with Gasteiger partial charge in [-0.2, -0.15) is 0 Å². The Morgan fingerprint density at radius 3 is 2.31 bits per heavy atom. The van der Waals surface area contributed by atoms with Gasteiger partial charge in [-0.25, -0.2) is 4.98 Å². The van der Waals surface area contributed by atoms with Crippen molar-refractivity contribution in [3.05, 3.63) is 100 Å². The predicted molar refractivity (Wildman–Crippen MR) is 115 cm³/mol. The van der Waals surface area contributed by atoms with E-state index in [1.54, 1.807) is 35.9 Å². The second-order valence-corrected chi connectivity index (χ2v) is 7.00. The summed E-state index contributed by atoms with van der Waals surface area (Å²) in [6.45, 7) is 1.95. The van der Waals surface area contributed by atoms with Gasteiger partial charge in [0.15, 0.2) is 0 Å². The minimum atomic E-state index is -0.168. The normalized spacial score (nSPS) is 11.9. The molecule has 5 nitrogen and oxygen atoms in total. The Morgan fingerprint density at radius 2 is 1.59 bits per heavy atom. The smallest absolute Gasteiger partial charge is 0.277 e. The summed E-state index contributed by atoms with van der Waals surface area (Å²) >= 11 is 0. The first-order valence-corrected chi connectivity index (χ1v) is 9.46. The highest BCUT2D eigenvalue weighted by atomic mass is 16.1. The summed E-state index contributed by atoms with van der Waals surface area (Å²) in [5.41, 5.74) is 4.00. The Morgan fingerprint density at radius 1 is 0.931 bits per heavy atom. The van der Waals surface area contributed by atoms with Crippen LogP contribution < -0.4 is 10.9 Å². The summed E-state index contributed by atoms with van der Waals surface area (Å²) in [5.74, 6) is -0.160. The molecule has 1 heterocycles. The minimum absolute atomic E-state index is 0.0992. The van der Waals surface area contributed by atoms with Crippen molar-refractivity contribution in [2.45, 2.75) is 13.0 Å². The minimum Gasteiger partial charge on any atom is -0.346 e. The Balaban J connectivity index is 1.60. The fraction of sp³-hybridized carbons (Fsp3) is 0.125. The SMILES string of the molecule is C[C@@H](NC(=O)c1ccc(-c2nc3ccccc3n(C)c2=O)cc1)c1ccccc1. The first-order chi connectivity index (χ1) is 14.0. The van der Waals surface area contributed by atoms with Gasteiger partial charge >= 0.3 is 0 Å². The molecule has 29 heavy (non-hydrogen) atoms. The van der Waals surface area contributed by atoms with E-state index in [0.29, 0.717) is 16.8 Å². The topological polar surface area (TPSA) is 64.0 Å². The lowest BCUT2D eigenvalue weighted by atomic mass is 10.1. The summed E-state index contributed by atoms with van der Waals surface area (Å²) in [4.78, 5) is 29.8. The van der Waals surface area contributed by atoms with E-state index in [1.807, 2.05) is 61.5 Å². The molecule has 0 aliphatic heterocycles. The lowest BCUT2D eigenvalue weighted by molar-refractivity contribution is 0.0940. The number of nitrogens with zero attached hydrogens (tertiary/aromatic N) is 2. The number of aryl methyl sites for hydroxylation is 1. The van der Waals surface area contributed by atoms with E-state index < -0.39 is 0 Å². The zero-order valence-electron chi connectivity index (χ0n) is 16.3. The van der Waals surface area contributed by atoms with Crippen molar-refractivity contribution in [3.63, 3.8) is 0 Å². The highest BCUT2D eigenvalue weighted by molar-refractivity contribution is 5.95. The van der Waals surface area contributed by atoms with Gasteiger partial charge in [-0.15, -0.1) is 0 Å². The molecule has 1 N–H and O–H groups in total. The van der Waals surface area contributed by atoms with E-state index in [1.165, 1.54) is 0 Å². The van der Waals surface area contributed by atoms with Crippen LogP contribution in [-0.4, -0.2) is 15.5 Å². The van der Waals surface area contributed by atoms with Gasteiger partial charge in [0.1, 0.15) is 5.69 Å². The Hall–Kier alpha value is -3.73. The van der Waals surface area contributed by atoms with E-state index >= 15 is 0 Å². The van der Waals surface area contributed by atoms with Crippen LogP contribution in [0.5, 0.6) is 0 Å². The van der Waals surface area contributed by atoms with Gasteiger partial charge in [0.25, 0.3) is 11.5 Å². The molecule has 0 saturated carbocycles. The highest BCUT2D eigenvalue weighted by Crippen LogP contribution is 2.19. The van der Waals surface area contributed by atoms with E-state index in [0.717, 1.165) is 16.6 Å². The van der Waals surface area contributed by atoms with Gasteiger partial charge in [-0.1, -0.05) is 54.6 Å². The van der Waals surface area contributed by atoms with Crippen LogP contribution in [0.2, 0.25) is 0 Å². The van der Waals surface area contributed by atoms with E-state index in [4.69, 9.17) is 0 Å². The lowest BCUT2D eigenvalue weighted by Gasteiger charge is -2.14. The van der Waals surface area contributed by atoms with Gasteiger partial charge in [0.2, 0.25) is 0 Å². The molecule has 0 bridgehead atoms. The van der Waals surface area contributed by atoms with Crippen LogP contribution >= 0.6 is 0 Å². The fourth-order valence-corrected chi connectivity index (χ4v) is 3.35. The number of amides is 1. The maximum Gasteiger partial charge on any atom is 0.277 e. The van der Waals surface area contributed by atoms with Gasteiger partial charge in [-0.3, -0.25) is 9.59 Å². The number of fused-ring (bicyclic) bond motifs is 1. The molecule has 1 atom stereocenters. The summed E-state index contributed by atoms with van der Waals surface area (Å²) in [5, 5.41) is 3.00. The molecule has 4 aromatic rings. The number of carbonyl (C=O) groups excluding carboxylic acids is 1. The summed E-state index contributed by atoms with van der Waals surface area (Å²) in [7, 11) is 1.74. The quantitative estimate of drug-likeness (QED) is 0.577. The summed E-state index contributed by atoms with van der Waals surface area (Å²) in [6, 6.07) is 24.2. The third-order valence-electron chi connectivity index (χ3n) is 5.05. The number of hydrogen-bond acceptors (Lipinski definition) is 3. The van der Waals surface area contributed by atoms with Crippen LogP contribution in [0.15, 0.2) is 83.7 Å². The van der Waals surface area contributed by atoms with Crippen molar-refractivity contribution < 1.29 is 4.79 Å². The first kappa shape index (κ1) is 18.6. The maximum absolute atomic E-state index is 12.7. The molecule has 0 aliphatic carbocycles. The zero-order chi connectivity index (χ0) is 20.4. The molecule has 0 aliphatic rings. The highest BCUT2D eigenvalue weighted by Gasteiger charge is 2.14. The summed E-state index contributed by atoms with van der Waals surface area (Å²) < 4.78 is 1.60. The zero-order valence-corrected chi connectivity index (χ0v) is 16.3. The van der Waals surface area contributed by atoms with E-state index in [-0.39, 0.29) is 17.5 Å². The Labute approximate surface area is 168 Å². The third-order valence-corrected chi connectivity index (χ3v) is 5.05. The van der Waals surface area contributed by atoms with E-state index in [2.05, 4.69) is 10.3 Å². The van der Waals surface area contributed by atoms with Crippen molar-refractivity contribution >= 4 is 16.9 Å². The number of hydrogen-bond donors (Lipinski definition) is 1. The predicted octanol–water partition coefficient (Wildman–Crippen LogP) is 4.09. The molecule has 4 rings (SSSR count). The van der Waals surface area contributed by atoms with Crippen LogP contribution in [-0.2, 0) is 7.05 Å². The standard InChI is InChI=1S/C24H21N3O2/c1-16(17-8-4-3-5-9-17)25-23(28)19-14-12-18(13-15-19)22-24(29)27(2)21-11-7-6-10-20(21)26-22/h3-16H,1-2H3,(H,25,28)/t16-/m1/s1. The van der Waals surface area contributed by atoms with Gasteiger partial charge in [0.05, 0.1) is 17.1 Å². The van der Waals surface area contributed by atoms with Crippen molar-refractivity contribution in [1.29, 1.82) is 0 Å². The molecule has 144 valence electrons. The maximum atomic E-state index is 12.7. The van der Waals surface area contributed by atoms with Crippen molar-refractivity contribution in [3.8, 4) is 11.3 Å². The molecule has 0 saturated heterocycles. The average molecular weight is 383 g/mol. The molecule has 0 spiro atoms. The monoisotopic (exact) mass is 383 g/mol. The van der Waals surface area contributed by atoms with Crippen molar-refractivity contribution in [2.24, 2.45) is 7.05 Å². The molecule has 0 unspecified atom stereocenters. The van der Waals surface area contributed by atoms with Gasteiger partial charge in [0, 0.05) is 18.2 Å². The van der Waals surface area contributed by atoms with Crippen LogP contribution in [0.4, 0.5) is 0 Å². The molecule has 1 aromatic heterocycles. The number of rotatable bonds is 4. The van der Waals surface area contributed by atoms with Gasteiger partial charge in [-0.05, 0) is 36.8 Å². The third kappa shape index (κ3) is 3.67. The van der Waals surface area contributed by atoms with Crippen LogP contribution in [0, 0.1) is 0 Å². The molecule has 5 heteroatoms. The largest absolute Gasteiger partial charge is 0.346 e. The fourth-order valence-electron chi connectivity index (χ4n) is 3.35.